The second-order valence-corrected chi connectivity index (χ2v) is 16.3. The first-order valence-corrected chi connectivity index (χ1v) is 21.5. The Morgan fingerprint density at radius 1 is 0.281 bits per heavy atom. The van der Waals surface area contributed by atoms with Crippen molar-refractivity contribution in [2.75, 3.05) is 0 Å². The van der Waals surface area contributed by atoms with Crippen molar-refractivity contribution in [1.29, 1.82) is 0 Å². The highest BCUT2D eigenvalue weighted by Gasteiger charge is 2.20. The van der Waals surface area contributed by atoms with Gasteiger partial charge in [0.25, 0.3) is 0 Å². The minimum atomic E-state index is 0.730. The molecule has 0 atom stereocenters. The Morgan fingerprint density at radius 3 is 1.05 bits per heavy atom. The smallest absolute Gasteiger partial charge is 0.159 e. The molecule has 0 aliphatic heterocycles. The van der Waals surface area contributed by atoms with Gasteiger partial charge < -0.3 is 9.13 Å². The van der Waals surface area contributed by atoms with Crippen molar-refractivity contribution in [3.05, 3.63) is 219 Å². The van der Waals surface area contributed by atoms with E-state index in [1.54, 1.807) is 0 Å². The Balaban J connectivity index is 0.854. The quantitative estimate of drug-likeness (QED) is 0.168. The molecule has 9 aromatic carbocycles. The maximum absolute atomic E-state index is 4.80. The molecular weight excluding hydrogens is 781 g/mol. The van der Waals surface area contributed by atoms with E-state index in [-0.39, 0.29) is 0 Å². The molecule has 0 radical (unpaired) electrons. The highest BCUT2D eigenvalue weighted by atomic mass is 15.0. The SMILES string of the molecule is c1ccc2nc(-c3ccc(-c4ccc(-n5c6ccccc6c6c7c8ccccc8n(-c8ccc(-c9ccc(-c%10ncc%11ccccc%11n%10)cc9)cc8)c7ccc65)cc4)cc3)ncc2c1. The summed E-state index contributed by atoms with van der Waals surface area (Å²) < 4.78 is 4.82. The standard InChI is InChI=1S/C58H36N6/c1-5-13-49-43(9-1)35-59-57(61-49)41-21-17-37(18-22-41)39-25-29-45(30-26-39)63-51-15-7-3-11-47(51)55-53(63)33-34-54-56(55)48-12-4-8-16-52(48)64(54)46-31-27-40(28-32-46)38-19-23-42(24-20-38)58-60-36-44-10-2-6-14-50(44)62-58/h1-36H. The Morgan fingerprint density at radius 2 is 0.625 bits per heavy atom. The zero-order valence-corrected chi connectivity index (χ0v) is 34.5. The molecule has 13 rings (SSSR count). The molecule has 13 aromatic rings. The van der Waals surface area contributed by atoms with Gasteiger partial charge in [-0.15, -0.1) is 0 Å². The van der Waals surface area contributed by atoms with E-state index in [4.69, 9.17) is 9.97 Å². The molecule has 0 amide bonds. The highest BCUT2D eigenvalue weighted by Crippen LogP contribution is 2.42. The van der Waals surface area contributed by atoms with Crippen molar-refractivity contribution in [2.24, 2.45) is 0 Å². The van der Waals surface area contributed by atoms with Crippen LogP contribution in [0.1, 0.15) is 0 Å². The molecule has 6 heteroatoms. The third kappa shape index (κ3) is 5.81. The predicted octanol–water partition coefficient (Wildman–Crippen LogP) is 14.4. The van der Waals surface area contributed by atoms with Gasteiger partial charge in [-0.25, -0.2) is 19.9 Å². The molecule has 6 nitrogen and oxygen atoms in total. The monoisotopic (exact) mass is 816 g/mol. The first-order valence-electron chi connectivity index (χ1n) is 21.5. The summed E-state index contributed by atoms with van der Waals surface area (Å²) in [5.74, 6) is 1.46. The first kappa shape index (κ1) is 36.0. The van der Waals surface area contributed by atoms with Crippen molar-refractivity contribution < 1.29 is 0 Å². The van der Waals surface area contributed by atoms with Crippen LogP contribution in [0.4, 0.5) is 0 Å². The summed E-state index contributed by atoms with van der Waals surface area (Å²) in [5, 5.41) is 7.05. The Bertz CT molecular complexity index is 3660. The summed E-state index contributed by atoms with van der Waals surface area (Å²) in [7, 11) is 0. The van der Waals surface area contributed by atoms with Crippen molar-refractivity contribution in [3.63, 3.8) is 0 Å². The molecule has 298 valence electrons. The molecule has 0 aliphatic rings. The molecule has 0 unspecified atom stereocenters. The molecule has 0 N–H and O–H groups in total. The van der Waals surface area contributed by atoms with Crippen LogP contribution in [-0.2, 0) is 0 Å². The zero-order valence-electron chi connectivity index (χ0n) is 34.5. The molecular formula is C58H36N6. The average molecular weight is 817 g/mol. The lowest BCUT2D eigenvalue weighted by Crippen LogP contribution is -1.95. The normalized spacial score (nSPS) is 11.8. The summed E-state index contributed by atoms with van der Waals surface area (Å²) >= 11 is 0. The van der Waals surface area contributed by atoms with E-state index in [1.807, 2.05) is 60.9 Å². The fraction of sp³-hybridized carbons (Fsp3) is 0. The molecule has 4 heterocycles. The number of rotatable bonds is 6. The second kappa shape index (κ2) is 14.4. The Kier molecular flexibility index (Phi) is 8.11. The van der Waals surface area contributed by atoms with Gasteiger partial charge >= 0.3 is 0 Å². The van der Waals surface area contributed by atoms with E-state index in [0.29, 0.717) is 0 Å². The summed E-state index contributed by atoms with van der Waals surface area (Å²) in [6.07, 6.45) is 3.79. The topological polar surface area (TPSA) is 61.4 Å². The maximum atomic E-state index is 4.80. The van der Waals surface area contributed by atoms with Gasteiger partial charge in [-0.1, -0.05) is 146 Å². The Hall–Kier alpha value is -8.74. The van der Waals surface area contributed by atoms with Crippen molar-refractivity contribution in [1.82, 2.24) is 29.1 Å². The molecule has 0 fully saturated rings. The number of benzene rings is 9. The largest absolute Gasteiger partial charge is 0.309 e. The van der Waals surface area contributed by atoms with Crippen LogP contribution in [0.3, 0.4) is 0 Å². The van der Waals surface area contributed by atoms with Crippen LogP contribution in [0.15, 0.2) is 219 Å². The van der Waals surface area contributed by atoms with Crippen LogP contribution < -0.4 is 0 Å². The maximum Gasteiger partial charge on any atom is 0.159 e. The van der Waals surface area contributed by atoms with Crippen LogP contribution >= 0.6 is 0 Å². The van der Waals surface area contributed by atoms with Gasteiger partial charge in [-0.2, -0.15) is 0 Å². The van der Waals surface area contributed by atoms with Crippen molar-refractivity contribution in [2.45, 2.75) is 0 Å². The summed E-state index contributed by atoms with van der Waals surface area (Å²) in [4.78, 5) is 18.9. The molecule has 0 aliphatic carbocycles. The summed E-state index contributed by atoms with van der Waals surface area (Å²) in [6, 6.07) is 73.3. The lowest BCUT2D eigenvalue weighted by atomic mass is 10.0. The van der Waals surface area contributed by atoms with Gasteiger partial charge in [0.2, 0.25) is 0 Å². The zero-order chi connectivity index (χ0) is 42.1. The van der Waals surface area contributed by atoms with E-state index in [2.05, 4.69) is 177 Å². The molecule has 0 spiro atoms. The van der Waals surface area contributed by atoms with Gasteiger partial charge in [-0.05, 0) is 82.9 Å². The van der Waals surface area contributed by atoms with Crippen LogP contribution in [0.2, 0.25) is 0 Å². The minimum absolute atomic E-state index is 0.730. The Labute approximate surface area is 368 Å². The third-order valence-corrected chi connectivity index (χ3v) is 12.7. The number of hydrogen-bond acceptors (Lipinski definition) is 4. The molecule has 4 aromatic heterocycles. The highest BCUT2D eigenvalue weighted by molar-refractivity contribution is 6.29. The predicted molar refractivity (Wildman–Crippen MR) is 263 cm³/mol. The second-order valence-electron chi connectivity index (χ2n) is 16.3. The molecule has 0 bridgehead atoms. The number of hydrogen-bond donors (Lipinski definition) is 0. The molecule has 0 saturated heterocycles. The number of aromatic nitrogens is 6. The van der Waals surface area contributed by atoms with E-state index in [9.17, 15) is 0 Å². The van der Waals surface area contributed by atoms with E-state index in [1.165, 1.54) is 43.6 Å². The number of fused-ring (bicyclic) bond motifs is 9. The fourth-order valence-electron chi connectivity index (χ4n) is 9.53. The average Bonchev–Trinajstić information content (AvgIpc) is 3.89. The third-order valence-electron chi connectivity index (χ3n) is 12.7. The lowest BCUT2D eigenvalue weighted by Gasteiger charge is -2.11. The number of nitrogens with zero attached hydrogens (tertiary/aromatic N) is 6. The van der Waals surface area contributed by atoms with Crippen LogP contribution in [-0.4, -0.2) is 29.1 Å². The van der Waals surface area contributed by atoms with Gasteiger partial charge in [-0.3, -0.25) is 0 Å². The molecule has 0 saturated carbocycles. The van der Waals surface area contributed by atoms with Crippen LogP contribution in [0.5, 0.6) is 0 Å². The van der Waals surface area contributed by atoms with Crippen molar-refractivity contribution in [3.8, 4) is 56.4 Å². The van der Waals surface area contributed by atoms with Crippen LogP contribution in [0.25, 0.3) is 122 Å². The fourth-order valence-corrected chi connectivity index (χ4v) is 9.53. The van der Waals surface area contributed by atoms with Gasteiger partial charge in [0.15, 0.2) is 11.6 Å². The number of para-hydroxylation sites is 4. The van der Waals surface area contributed by atoms with Crippen molar-refractivity contribution >= 4 is 65.4 Å². The van der Waals surface area contributed by atoms with Gasteiger partial charge in [0.1, 0.15) is 0 Å². The van der Waals surface area contributed by atoms with Crippen LogP contribution in [0, 0.1) is 0 Å². The summed E-state index contributed by atoms with van der Waals surface area (Å²) in [5.41, 5.74) is 15.4. The minimum Gasteiger partial charge on any atom is -0.309 e. The first-order chi connectivity index (χ1) is 31.7. The van der Waals surface area contributed by atoms with E-state index in [0.717, 1.165) is 78.2 Å². The van der Waals surface area contributed by atoms with Gasteiger partial charge in [0.05, 0.1) is 33.1 Å². The van der Waals surface area contributed by atoms with Gasteiger partial charge in [0, 0.05) is 67.2 Å². The molecule has 64 heavy (non-hydrogen) atoms. The lowest BCUT2D eigenvalue weighted by molar-refractivity contribution is 1.17. The van der Waals surface area contributed by atoms with E-state index >= 15 is 0 Å². The summed E-state index contributed by atoms with van der Waals surface area (Å²) in [6.45, 7) is 0. The van der Waals surface area contributed by atoms with E-state index < -0.39 is 0 Å².